The highest BCUT2D eigenvalue weighted by molar-refractivity contribution is 7.99. The van der Waals surface area contributed by atoms with Crippen LogP contribution in [0.1, 0.15) is 12.0 Å². The van der Waals surface area contributed by atoms with Crippen LogP contribution in [0.15, 0.2) is 18.2 Å². The molecule has 94 valence electrons. The summed E-state index contributed by atoms with van der Waals surface area (Å²) in [6.07, 6.45) is 1.31. The maximum atomic E-state index is 9.79. The quantitative estimate of drug-likeness (QED) is 0.844. The van der Waals surface area contributed by atoms with Crippen molar-refractivity contribution in [1.82, 2.24) is 5.32 Å². The van der Waals surface area contributed by atoms with Gasteiger partial charge in [0.25, 0.3) is 0 Å². The standard InChI is InChI=1S/C13H19NO2S/c1-16-12-3-2-11(13(15)6-12)8-14-7-10-4-5-17-9-10/h2-3,6,10,14-15H,4-5,7-9H2,1H3. The van der Waals surface area contributed by atoms with E-state index in [0.717, 1.165) is 24.6 Å². The van der Waals surface area contributed by atoms with Crippen LogP contribution in [0.2, 0.25) is 0 Å². The lowest BCUT2D eigenvalue weighted by molar-refractivity contribution is 0.405. The van der Waals surface area contributed by atoms with E-state index in [9.17, 15) is 5.11 Å². The monoisotopic (exact) mass is 253 g/mol. The van der Waals surface area contributed by atoms with Gasteiger partial charge >= 0.3 is 0 Å². The molecule has 2 N–H and O–H groups in total. The molecular formula is C13H19NO2S. The van der Waals surface area contributed by atoms with Gasteiger partial charge in [-0.2, -0.15) is 11.8 Å². The van der Waals surface area contributed by atoms with Crippen molar-refractivity contribution in [2.75, 3.05) is 25.2 Å². The fourth-order valence-corrected chi connectivity index (χ4v) is 3.26. The third-order valence-corrected chi connectivity index (χ3v) is 4.30. The van der Waals surface area contributed by atoms with Crippen LogP contribution in [0.5, 0.6) is 11.5 Å². The van der Waals surface area contributed by atoms with Gasteiger partial charge < -0.3 is 15.2 Å². The summed E-state index contributed by atoms with van der Waals surface area (Å²) in [5.41, 5.74) is 0.927. The van der Waals surface area contributed by atoms with E-state index in [1.807, 2.05) is 23.9 Å². The van der Waals surface area contributed by atoms with E-state index >= 15 is 0 Å². The molecule has 1 aliphatic rings. The van der Waals surface area contributed by atoms with Gasteiger partial charge in [0.2, 0.25) is 0 Å². The Morgan fingerprint density at radius 1 is 1.53 bits per heavy atom. The third kappa shape index (κ3) is 3.54. The predicted octanol–water partition coefficient (Wildman–Crippen LogP) is 2.24. The predicted molar refractivity (Wildman–Crippen MR) is 71.8 cm³/mol. The van der Waals surface area contributed by atoms with E-state index in [2.05, 4.69) is 5.32 Å². The average molecular weight is 253 g/mol. The van der Waals surface area contributed by atoms with Gasteiger partial charge in [-0.3, -0.25) is 0 Å². The minimum Gasteiger partial charge on any atom is -0.507 e. The second-order valence-electron chi connectivity index (χ2n) is 4.36. The lowest BCUT2D eigenvalue weighted by atomic mass is 10.1. The Kier molecular flexibility index (Phi) is 4.57. The zero-order valence-corrected chi connectivity index (χ0v) is 10.9. The Hall–Kier alpha value is -0.870. The van der Waals surface area contributed by atoms with Crippen LogP contribution in [0.25, 0.3) is 0 Å². The maximum Gasteiger partial charge on any atom is 0.123 e. The highest BCUT2D eigenvalue weighted by Crippen LogP contribution is 2.24. The number of phenols is 1. The van der Waals surface area contributed by atoms with Crippen LogP contribution < -0.4 is 10.1 Å². The maximum absolute atomic E-state index is 9.79. The summed E-state index contributed by atoms with van der Waals surface area (Å²) in [6.45, 7) is 1.76. The molecule has 17 heavy (non-hydrogen) atoms. The summed E-state index contributed by atoms with van der Waals surface area (Å²) in [6, 6.07) is 5.44. The summed E-state index contributed by atoms with van der Waals surface area (Å²) >= 11 is 2.03. The summed E-state index contributed by atoms with van der Waals surface area (Å²) in [7, 11) is 1.60. The molecule has 0 bridgehead atoms. The van der Waals surface area contributed by atoms with Crippen molar-refractivity contribution in [1.29, 1.82) is 0 Å². The minimum atomic E-state index is 0.303. The van der Waals surface area contributed by atoms with Gasteiger partial charge in [-0.1, -0.05) is 6.07 Å². The van der Waals surface area contributed by atoms with Crippen molar-refractivity contribution in [3.8, 4) is 11.5 Å². The van der Waals surface area contributed by atoms with Crippen LogP contribution >= 0.6 is 11.8 Å². The number of ether oxygens (including phenoxy) is 1. The van der Waals surface area contributed by atoms with Gasteiger partial charge in [-0.25, -0.2) is 0 Å². The number of phenolic OH excluding ortho intramolecular Hbond substituents is 1. The number of methoxy groups -OCH3 is 1. The molecule has 0 saturated carbocycles. The van der Waals surface area contributed by atoms with Gasteiger partial charge in [-0.05, 0) is 36.5 Å². The Morgan fingerprint density at radius 3 is 3.06 bits per heavy atom. The van der Waals surface area contributed by atoms with Gasteiger partial charge in [-0.15, -0.1) is 0 Å². The first-order valence-electron chi connectivity index (χ1n) is 5.94. The first-order valence-corrected chi connectivity index (χ1v) is 7.09. The first-order chi connectivity index (χ1) is 8.29. The molecule has 1 aromatic carbocycles. The molecule has 1 saturated heterocycles. The molecular weight excluding hydrogens is 234 g/mol. The van der Waals surface area contributed by atoms with Crippen LogP contribution in [0, 0.1) is 5.92 Å². The molecule has 1 unspecified atom stereocenters. The molecule has 1 heterocycles. The van der Waals surface area contributed by atoms with Crippen molar-refractivity contribution in [2.45, 2.75) is 13.0 Å². The number of benzene rings is 1. The Bertz CT molecular complexity index is 364. The number of nitrogens with one attached hydrogen (secondary N) is 1. The SMILES string of the molecule is COc1ccc(CNCC2CCSC2)c(O)c1. The van der Waals surface area contributed by atoms with Crippen molar-refractivity contribution >= 4 is 11.8 Å². The summed E-state index contributed by atoms with van der Waals surface area (Å²) in [5.74, 6) is 4.35. The largest absolute Gasteiger partial charge is 0.507 e. The van der Waals surface area contributed by atoms with E-state index in [-0.39, 0.29) is 0 Å². The lowest BCUT2D eigenvalue weighted by Crippen LogP contribution is -2.22. The molecule has 1 aromatic rings. The molecule has 0 radical (unpaired) electrons. The average Bonchev–Trinajstić information content (AvgIpc) is 2.84. The van der Waals surface area contributed by atoms with E-state index < -0.39 is 0 Å². The van der Waals surface area contributed by atoms with Gasteiger partial charge in [0, 0.05) is 18.2 Å². The zero-order valence-electron chi connectivity index (χ0n) is 10.1. The smallest absolute Gasteiger partial charge is 0.123 e. The molecule has 0 aliphatic carbocycles. The second kappa shape index (κ2) is 6.17. The Morgan fingerprint density at radius 2 is 2.41 bits per heavy atom. The number of hydrogen-bond acceptors (Lipinski definition) is 4. The molecule has 1 atom stereocenters. The van der Waals surface area contributed by atoms with Crippen molar-refractivity contribution in [2.24, 2.45) is 5.92 Å². The van der Waals surface area contributed by atoms with Crippen molar-refractivity contribution < 1.29 is 9.84 Å². The number of hydrogen-bond donors (Lipinski definition) is 2. The van der Waals surface area contributed by atoms with E-state index in [0.29, 0.717) is 11.5 Å². The molecule has 0 aromatic heterocycles. The lowest BCUT2D eigenvalue weighted by Gasteiger charge is -2.11. The normalized spacial score (nSPS) is 19.5. The first kappa shape index (κ1) is 12.6. The second-order valence-corrected chi connectivity index (χ2v) is 5.50. The molecule has 4 heteroatoms. The van der Waals surface area contributed by atoms with Crippen molar-refractivity contribution in [3.05, 3.63) is 23.8 Å². The van der Waals surface area contributed by atoms with E-state index in [1.165, 1.54) is 17.9 Å². The molecule has 2 rings (SSSR count). The van der Waals surface area contributed by atoms with Crippen molar-refractivity contribution in [3.63, 3.8) is 0 Å². The number of thioether (sulfide) groups is 1. The molecule has 0 spiro atoms. The number of aromatic hydroxyl groups is 1. The van der Waals surface area contributed by atoms with Crippen LogP contribution in [-0.4, -0.2) is 30.3 Å². The fourth-order valence-electron chi connectivity index (χ4n) is 1.98. The third-order valence-electron chi connectivity index (χ3n) is 3.06. The fraction of sp³-hybridized carbons (Fsp3) is 0.538. The molecule has 0 amide bonds. The highest BCUT2D eigenvalue weighted by Gasteiger charge is 2.14. The van der Waals surface area contributed by atoms with E-state index in [1.54, 1.807) is 13.2 Å². The van der Waals surface area contributed by atoms with Gasteiger partial charge in [0.1, 0.15) is 11.5 Å². The topological polar surface area (TPSA) is 41.5 Å². The Balaban J connectivity index is 1.81. The van der Waals surface area contributed by atoms with Crippen LogP contribution in [0.4, 0.5) is 0 Å². The molecule has 1 fully saturated rings. The van der Waals surface area contributed by atoms with Gasteiger partial charge in [0.05, 0.1) is 7.11 Å². The summed E-state index contributed by atoms with van der Waals surface area (Å²) < 4.78 is 5.05. The zero-order chi connectivity index (χ0) is 12.1. The molecule has 3 nitrogen and oxygen atoms in total. The minimum absolute atomic E-state index is 0.303. The summed E-state index contributed by atoms with van der Waals surface area (Å²) in [5, 5.41) is 13.2. The Labute approximate surface area is 107 Å². The highest BCUT2D eigenvalue weighted by atomic mass is 32.2. The van der Waals surface area contributed by atoms with Gasteiger partial charge in [0.15, 0.2) is 0 Å². The summed E-state index contributed by atoms with van der Waals surface area (Å²) in [4.78, 5) is 0. The van der Waals surface area contributed by atoms with E-state index in [4.69, 9.17) is 4.74 Å². The number of rotatable bonds is 5. The van der Waals surface area contributed by atoms with Crippen LogP contribution in [0.3, 0.4) is 0 Å². The molecule has 1 aliphatic heterocycles. The van der Waals surface area contributed by atoms with Crippen LogP contribution in [-0.2, 0) is 6.54 Å².